The zero-order valence-corrected chi connectivity index (χ0v) is 10.4. The maximum absolute atomic E-state index is 11.0. The molecule has 0 saturated carbocycles. The summed E-state index contributed by atoms with van der Waals surface area (Å²) in [5.41, 5.74) is 1.62. The minimum Gasteiger partial charge on any atom is -0.478 e. The molecule has 0 fully saturated rings. The van der Waals surface area contributed by atoms with Crippen molar-refractivity contribution in [2.75, 3.05) is 0 Å². The van der Waals surface area contributed by atoms with Gasteiger partial charge in [0.15, 0.2) is 5.76 Å². The summed E-state index contributed by atoms with van der Waals surface area (Å²) in [4.78, 5) is 11.0. The van der Waals surface area contributed by atoms with Crippen molar-refractivity contribution in [3.8, 4) is 11.3 Å². The molecule has 0 amide bonds. The van der Waals surface area contributed by atoms with Crippen LogP contribution in [-0.4, -0.2) is 16.2 Å². The Morgan fingerprint density at radius 1 is 1.16 bits per heavy atom. The van der Waals surface area contributed by atoms with Gasteiger partial charge in [-0.1, -0.05) is 16.8 Å². The van der Waals surface area contributed by atoms with Gasteiger partial charge in [-0.2, -0.15) is 0 Å². The summed E-state index contributed by atoms with van der Waals surface area (Å²) >= 11 is 5.83. The van der Waals surface area contributed by atoms with Crippen molar-refractivity contribution in [3.05, 3.63) is 53.1 Å². The van der Waals surface area contributed by atoms with Gasteiger partial charge in [-0.3, -0.25) is 0 Å². The second-order valence-corrected chi connectivity index (χ2v) is 4.49. The van der Waals surface area contributed by atoms with E-state index in [0.29, 0.717) is 21.7 Å². The number of fused-ring (bicyclic) bond motifs is 1. The Hall–Kier alpha value is -2.33. The summed E-state index contributed by atoms with van der Waals surface area (Å²) in [6, 6.07) is 11.8. The summed E-state index contributed by atoms with van der Waals surface area (Å²) in [7, 11) is 0. The largest absolute Gasteiger partial charge is 0.478 e. The Kier molecular flexibility index (Phi) is 2.72. The number of carboxylic acids is 1. The number of rotatable bonds is 2. The third-order valence-electron chi connectivity index (χ3n) is 2.83. The van der Waals surface area contributed by atoms with Crippen LogP contribution in [0.2, 0.25) is 5.02 Å². The van der Waals surface area contributed by atoms with Crippen LogP contribution < -0.4 is 0 Å². The van der Waals surface area contributed by atoms with Crippen molar-refractivity contribution in [2.24, 2.45) is 0 Å². The smallest absolute Gasteiger partial charge is 0.335 e. The molecule has 1 N–H and O–H groups in total. The summed E-state index contributed by atoms with van der Waals surface area (Å²) in [6.45, 7) is 0. The second-order valence-electron chi connectivity index (χ2n) is 4.06. The van der Waals surface area contributed by atoms with Gasteiger partial charge in [0.1, 0.15) is 5.52 Å². The van der Waals surface area contributed by atoms with Crippen molar-refractivity contribution in [2.45, 2.75) is 0 Å². The van der Waals surface area contributed by atoms with Gasteiger partial charge in [-0.15, -0.1) is 0 Å². The molecule has 0 atom stereocenters. The number of aromatic nitrogens is 1. The molecule has 1 heterocycles. The molecule has 1 aromatic heterocycles. The molecule has 0 radical (unpaired) electrons. The standard InChI is InChI=1S/C14H8ClNO3/c15-10-4-1-8(2-5-10)13-11-7-9(14(17)18)3-6-12(11)16-19-13/h1-7H,(H,17,18). The van der Waals surface area contributed by atoms with Crippen molar-refractivity contribution < 1.29 is 14.4 Å². The molecule has 3 aromatic rings. The summed E-state index contributed by atoms with van der Waals surface area (Å²) in [5, 5.41) is 14.2. The molecule has 3 rings (SSSR count). The number of carbonyl (C=O) groups is 1. The molecule has 0 aliphatic carbocycles. The minimum absolute atomic E-state index is 0.200. The molecule has 2 aromatic carbocycles. The lowest BCUT2D eigenvalue weighted by molar-refractivity contribution is 0.0697. The first-order valence-electron chi connectivity index (χ1n) is 5.54. The Morgan fingerprint density at radius 3 is 2.58 bits per heavy atom. The van der Waals surface area contributed by atoms with Crippen LogP contribution in [0.25, 0.3) is 22.2 Å². The molecule has 94 valence electrons. The SMILES string of the molecule is O=C(O)c1ccc2noc(-c3ccc(Cl)cc3)c2c1. The maximum Gasteiger partial charge on any atom is 0.335 e. The lowest BCUT2D eigenvalue weighted by Gasteiger charge is -1.98. The van der Waals surface area contributed by atoms with Crippen LogP contribution in [0.15, 0.2) is 47.0 Å². The van der Waals surface area contributed by atoms with E-state index in [4.69, 9.17) is 21.2 Å². The van der Waals surface area contributed by atoms with Crippen LogP contribution in [0, 0.1) is 0 Å². The Morgan fingerprint density at radius 2 is 1.89 bits per heavy atom. The van der Waals surface area contributed by atoms with Gasteiger partial charge in [-0.25, -0.2) is 4.79 Å². The van der Waals surface area contributed by atoms with E-state index in [2.05, 4.69) is 5.16 Å². The van der Waals surface area contributed by atoms with Crippen molar-refractivity contribution >= 4 is 28.5 Å². The quantitative estimate of drug-likeness (QED) is 0.770. The van der Waals surface area contributed by atoms with Crippen LogP contribution in [0.1, 0.15) is 10.4 Å². The van der Waals surface area contributed by atoms with E-state index in [1.807, 2.05) is 0 Å². The number of nitrogens with zero attached hydrogens (tertiary/aromatic N) is 1. The van der Waals surface area contributed by atoms with Crippen molar-refractivity contribution in [1.29, 1.82) is 0 Å². The third-order valence-corrected chi connectivity index (χ3v) is 3.08. The van der Waals surface area contributed by atoms with E-state index < -0.39 is 5.97 Å². The molecule has 0 spiro atoms. The van der Waals surface area contributed by atoms with E-state index in [0.717, 1.165) is 5.56 Å². The van der Waals surface area contributed by atoms with Gasteiger partial charge >= 0.3 is 5.97 Å². The predicted octanol–water partition coefficient (Wildman–Crippen LogP) is 3.85. The van der Waals surface area contributed by atoms with E-state index >= 15 is 0 Å². The summed E-state index contributed by atoms with van der Waals surface area (Å²) in [6.07, 6.45) is 0. The zero-order valence-electron chi connectivity index (χ0n) is 9.63. The predicted molar refractivity (Wildman–Crippen MR) is 71.4 cm³/mol. The van der Waals surface area contributed by atoms with Crippen molar-refractivity contribution in [3.63, 3.8) is 0 Å². The number of carboxylic acid groups (broad SMARTS) is 1. The molecular formula is C14H8ClNO3. The lowest BCUT2D eigenvalue weighted by Crippen LogP contribution is -1.94. The molecule has 0 aliphatic heterocycles. The van der Waals surface area contributed by atoms with Crippen LogP contribution in [0.5, 0.6) is 0 Å². The fraction of sp³-hybridized carbons (Fsp3) is 0. The zero-order chi connectivity index (χ0) is 13.4. The number of halogens is 1. The number of hydrogen-bond acceptors (Lipinski definition) is 3. The summed E-state index contributed by atoms with van der Waals surface area (Å²) in [5.74, 6) is -0.445. The van der Waals surface area contributed by atoms with E-state index in [-0.39, 0.29) is 5.56 Å². The van der Waals surface area contributed by atoms with Crippen LogP contribution in [0.3, 0.4) is 0 Å². The van der Waals surface area contributed by atoms with Crippen LogP contribution >= 0.6 is 11.6 Å². The summed E-state index contributed by atoms with van der Waals surface area (Å²) < 4.78 is 5.29. The van der Waals surface area contributed by atoms with Gasteiger partial charge < -0.3 is 9.63 Å². The first-order chi connectivity index (χ1) is 9.15. The fourth-order valence-electron chi connectivity index (χ4n) is 1.88. The Labute approximate surface area is 113 Å². The van der Waals surface area contributed by atoms with Crippen LogP contribution in [0.4, 0.5) is 0 Å². The fourth-order valence-corrected chi connectivity index (χ4v) is 2.01. The van der Waals surface area contributed by atoms with E-state index in [1.54, 1.807) is 36.4 Å². The molecular weight excluding hydrogens is 266 g/mol. The van der Waals surface area contributed by atoms with Gasteiger partial charge in [0, 0.05) is 10.6 Å². The second kappa shape index (κ2) is 4.40. The topological polar surface area (TPSA) is 63.3 Å². The van der Waals surface area contributed by atoms with Gasteiger partial charge in [0.25, 0.3) is 0 Å². The minimum atomic E-state index is -0.981. The highest BCUT2D eigenvalue weighted by atomic mass is 35.5. The van der Waals surface area contributed by atoms with E-state index in [9.17, 15) is 4.79 Å². The lowest BCUT2D eigenvalue weighted by atomic mass is 10.1. The first-order valence-corrected chi connectivity index (χ1v) is 5.91. The Balaban J connectivity index is 2.21. The Bertz CT molecular complexity index is 762. The highest BCUT2D eigenvalue weighted by molar-refractivity contribution is 6.30. The molecule has 0 bridgehead atoms. The van der Waals surface area contributed by atoms with E-state index in [1.165, 1.54) is 6.07 Å². The number of aromatic carboxylic acids is 1. The maximum atomic E-state index is 11.0. The van der Waals surface area contributed by atoms with Crippen molar-refractivity contribution in [1.82, 2.24) is 5.16 Å². The third kappa shape index (κ3) is 2.06. The first kappa shape index (κ1) is 11.7. The molecule has 4 nitrogen and oxygen atoms in total. The highest BCUT2D eigenvalue weighted by Gasteiger charge is 2.13. The normalized spacial score (nSPS) is 10.8. The highest BCUT2D eigenvalue weighted by Crippen LogP contribution is 2.30. The van der Waals surface area contributed by atoms with Gasteiger partial charge in [-0.05, 0) is 42.5 Å². The number of benzene rings is 2. The van der Waals surface area contributed by atoms with Gasteiger partial charge in [0.05, 0.1) is 10.9 Å². The molecule has 0 saturated heterocycles. The van der Waals surface area contributed by atoms with Crippen LogP contribution in [-0.2, 0) is 0 Å². The molecule has 0 aliphatic rings. The number of hydrogen-bond donors (Lipinski definition) is 1. The average molecular weight is 274 g/mol. The van der Waals surface area contributed by atoms with Gasteiger partial charge in [0.2, 0.25) is 0 Å². The molecule has 19 heavy (non-hydrogen) atoms. The average Bonchev–Trinajstić information content (AvgIpc) is 2.82. The monoisotopic (exact) mass is 273 g/mol. The molecule has 0 unspecified atom stereocenters. The molecule has 5 heteroatoms.